The molecule has 0 bridgehead atoms. The first-order valence-corrected chi connectivity index (χ1v) is 14.0. The molecule has 0 saturated carbocycles. The number of amides is 2. The molecule has 2 aromatic rings. The van der Waals surface area contributed by atoms with Crippen LogP contribution in [0.5, 0.6) is 5.75 Å². The van der Waals surface area contributed by atoms with E-state index in [1.54, 1.807) is 18.9 Å². The number of nitrogens with one attached hydrogen (secondary N) is 1. The molecule has 0 aromatic heterocycles. The number of nitrogens with zero attached hydrogens (tertiary/aromatic N) is 2. The highest BCUT2D eigenvalue weighted by Crippen LogP contribution is 2.22. The molecule has 36 heavy (non-hydrogen) atoms. The van der Waals surface area contributed by atoms with Gasteiger partial charge in [-0.15, -0.1) is 0 Å². The molecule has 0 heterocycles. The van der Waals surface area contributed by atoms with E-state index in [0.29, 0.717) is 17.9 Å². The molecule has 9 heteroatoms. The minimum atomic E-state index is -3.54. The number of carbonyl (C=O) groups is 2. The fourth-order valence-electron chi connectivity index (χ4n) is 4.01. The lowest BCUT2D eigenvalue weighted by atomic mass is 10.1. The van der Waals surface area contributed by atoms with Gasteiger partial charge in [0.1, 0.15) is 11.8 Å². The number of aryl methyl sites for hydroxylation is 2. The van der Waals surface area contributed by atoms with Crippen LogP contribution >= 0.6 is 0 Å². The average Bonchev–Trinajstić information content (AvgIpc) is 2.78. The summed E-state index contributed by atoms with van der Waals surface area (Å²) >= 11 is 0. The Morgan fingerprint density at radius 3 is 2.08 bits per heavy atom. The highest BCUT2D eigenvalue weighted by molar-refractivity contribution is 7.92. The number of methoxy groups -OCH3 is 1. The third-order valence-electron chi connectivity index (χ3n) is 5.76. The summed E-state index contributed by atoms with van der Waals surface area (Å²) in [6, 6.07) is 12.2. The van der Waals surface area contributed by atoms with E-state index in [-0.39, 0.29) is 37.4 Å². The number of carbonyl (C=O) groups excluding carboxylic acids is 2. The smallest absolute Gasteiger partial charge is 0.242 e. The predicted octanol–water partition coefficient (Wildman–Crippen LogP) is 3.80. The topological polar surface area (TPSA) is 96.0 Å². The van der Waals surface area contributed by atoms with Gasteiger partial charge in [-0.05, 0) is 82.0 Å². The van der Waals surface area contributed by atoms with Crippen LogP contribution in [0.2, 0.25) is 0 Å². The van der Waals surface area contributed by atoms with Crippen LogP contribution in [0.15, 0.2) is 42.5 Å². The second-order valence-corrected chi connectivity index (χ2v) is 11.4. The number of hydrogen-bond acceptors (Lipinski definition) is 5. The number of anilines is 1. The Morgan fingerprint density at radius 2 is 1.58 bits per heavy atom. The van der Waals surface area contributed by atoms with Gasteiger partial charge >= 0.3 is 0 Å². The lowest BCUT2D eigenvalue weighted by molar-refractivity contribution is -0.140. The number of benzene rings is 2. The van der Waals surface area contributed by atoms with Gasteiger partial charge < -0.3 is 15.0 Å². The van der Waals surface area contributed by atoms with E-state index in [2.05, 4.69) is 5.32 Å². The molecule has 0 spiro atoms. The first kappa shape index (κ1) is 29.2. The van der Waals surface area contributed by atoms with Crippen LogP contribution in [0, 0.1) is 13.8 Å². The van der Waals surface area contributed by atoms with E-state index in [1.165, 1.54) is 10.6 Å². The van der Waals surface area contributed by atoms with Gasteiger partial charge in [-0.2, -0.15) is 0 Å². The zero-order chi connectivity index (χ0) is 27.0. The minimum absolute atomic E-state index is 0.0565. The fraction of sp³-hybridized carbons (Fsp3) is 0.481. The molecule has 1 atom stereocenters. The van der Waals surface area contributed by atoms with Crippen molar-refractivity contribution in [1.82, 2.24) is 10.2 Å². The number of hydrogen-bond donors (Lipinski definition) is 1. The lowest BCUT2D eigenvalue weighted by Gasteiger charge is -2.30. The van der Waals surface area contributed by atoms with Gasteiger partial charge in [-0.1, -0.05) is 18.2 Å². The molecule has 0 saturated heterocycles. The second kappa shape index (κ2) is 12.8. The Hall–Kier alpha value is -3.07. The van der Waals surface area contributed by atoms with Crippen LogP contribution in [-0.4, -0.2) is 57.1 Å². The maximum atomic E-state index is 13.3. The van der Waals surface area contributed by atoms with Crippen LogP contribution in [0.3, 0.4) is 0 Å². The standard InChI is InChI=1S/C27H39N3O5S/c1-19(2)28-27(32)22(5)29(18-23-10-12-25(35-6)13-11-23)26(31)9-8-14-30(36(7,33)34)24-16-20(3)15-21(4)17-24/h10-13,15-17,19,22H,8-9,14,18H2,1-7H3,(H,28,32). The van der Waals surface area contributed by atoms with E-state index in [0.717, 1.165) is 16.7 Å². The zero-order valence-corrected chi connectivity index (χ0v) is 23.2. The Bertz CT molecular complexity index is 1130. The summed E-state index contributed by atoms with van der Waals surface area (Å²) < 4.78 is 31.6. The van der Waals surface area contributed by atoms with Crippen molar-refractivity contribution in [2.75, 3.05) is 24.2 Å². The molecule has 1 N–H and O–H groups in total. The highest BCUT2D eigenvalue weighted by atomic mass is 32.2. The van der Waals surface area contributed by atoms with Crippen LogP contribution in [-0.2, 0) is 26.2 Å². The minimum Gasteiger partial charge on any atom is -0.497 e. The third-order valence-corrected chi connectivity index (χ3v) is 6.95. The van der Waals surface area contributed by atoms with Gasteiger partial charge in [0, 0.05) is 25.6 Å². The first-order valence-electron chi connectivity index (χ1n) is 12.1. The van der Waals surface area contributed by atoms with Crippen molar-refractivity contribution in [1.29, 1.82) is 0 Å². The molecule has 0 aliphatic rings. The van der Waals surface area contributed by atoms with Crippen LogP contribution < -0.4 is 14.4 Å². The summed E-state index contributed by atoms with van der Waals surface area (Å²) in [5.74, 6) is 0.250. The van der Waals surface area contributed by atoms with E-state index in [1.807, 2.05) is 70.2 Å². The molecule has 2 rings (SSSR count). The summed E-state index contributed by atoms with van der Waals surface area (Å²) in [6.45, 7) is 9.69. The SMILES string of the molecule is COc1ccc(CN(C(=O)CCCN(c2cc(C)cc(C)c2)S(C)(=O)=O)C(C)C(=O)NC(C)C)cc1. The number of ether oxygens (including phenoxy) is 1. The monoisotopic (exact) mass is 517 g/mol. The molecule has 0 radical (unpaired) electrons. The Labute approximate surface area is 215 Å². The quantitative estimate of drug-likeness (QED) is 0.462. The summed E-state index contributed by atoms with van der Waals surface area (Å²) in [6.07, 6.45) is 1.59. The largest absolute Gasteiger partial charge is 0.497 e. The Kier molecular flexibility index (Phi) is 10.3. The van der Waals surface area contributed by atoms with Gasteiger partial charge in [-0.25, -0.2) is 8.42 Å². The molecule has 0 aliphatic heterocycles. The van der Waals surface area contributed by atoms with E-state index in [4.69, 9.17) is 4.74 Å². The first-order chi connectivity index (χ1) is 16.8. The van der Waals surface area contributed by atoms with E-state index < -0.39 is 16.1 Å². The van der Waals surface area contributed by atoms with Crippen molar-refractivity contribution in [3.8, 4) is 5.75 Å². The Morgan fingerprint density at radius 1 is 1.00 bits per heavy atom. The van der Waals surface area contributed by atoms with Gasteiger partial charge in [0.05, 0.1) is 19.1 Å². The van der Waals surface area contributed by atoms with E-state index in [9.17, 15) is 18.0 Å². The maximum Gasteiger partial charge on any atom is 0.242 e. The van der Waals surface area contributed by atoms with Crippen molar-refractivity contribution in [3.63, 3.8) is 0 Å². The number of rotatable bonds is 12. The van der Waals surface area contributed by atoms with Gasteiger partial charge in [0.25, 0.3) is 0 Å². The van der Waals surface area contributed by atoms with Crippen LogP contribution in [0.25, 0.3) is 0 Å². The van der Waals surface area contributed by atoms with Gasteiger partial charge in [-0.3, -0.25) is 13.9 Å². The van der Waals surface area contributed by atoms with Crippen LogP contribution in [0.4, 0.5) is 5.69 Å². The zero-order valence-electron chi connectivity index (χ0n) is 22.4. The van der Waals surface area contributed by atoms with Crippen molar-refractivity contribution in [2.45, 2.75) is 66.1 Å². The summed E-state index contributed by atoms with van der Waals surface area (Å²) in [7, 11) is -1.95. The second-order valence-electron chi connectivity index (χ2n) is 9.49. The van der Waals surface area contributed by atoms with Crippen molar-refractivity contribution in [2.24, 2.45) is 0 Å². The normalized spacial score (nSPS) is 12.2. The molecule has 8 nitrogen and oxygen atoms in total. The molecule has 198 valence electrons. The van der Waals surface area contributed by atoms with Crippen molar-refractivity contribution >= 4 is 27.5 Å². The molecular formula is C27H39N3O5S. The average molecular weight is 518 g/mol. The molecule has 1 unspecified atom stereocenters. The van der Waals surface area contributed by atoms with Crippen molar-refractivity contribution in [3.05, 3.63) is 59.2 Å². The molecule has 0 aliphatic carbocycles. The van der Waals surface area contributed by atoms with E-state index >= 15 is 0 Å². The molecule has 0 fully saturated rings. The third kappa shape index (κ3) is 8.55. The number of sulfonamides is 1. The molecular weight excluding hydrogens is 478 g/mol. The summed E-state index contributed by atoms with van der Waals surface area (Å²) in [5, 5.41) is 2.87. The van der Waals surface area contributed by atoms with Gasteiger partial charge in [0.15, 0.2) is 0 Å². The van der Waals surface area contributed by atoms with Crippen molar-refractivity contribution < 1.29 is 22.7 Å². The maximum absolute atomic E-state index is 13.3. The predicted molar refractivity (Wildman–Crippen MR) is 144 cm³/mol. The summed E-state index contributed by atoms with van der Waals surface area (Å²) in [5.41, 5.74) is 3.37. The summed E-state index contributed by atoms with van der Waals surface area (Å²) in [4.78, 5) is 27.6. The fourth-order valence-corrected chi connectivity index (χ4v) is 4.96. The molecule has 2 amide bonds. The Balaban J connectivity index is 2.19. The molecule has 2 aromatic carbocycles. The van der Waals surface area contributed by atoms with Crippen LogP contribution in [0.1, 0.15) is 50.3 Å². The highest BCUT2D eigenvalue weighted by Gasteiger charge is 2.27. The van der Waals surface area contributed by atoms with Gasteiger partial charge in [0.2, 0.25) is 21.8 Å². The lowest BCUT2D eigenvalue weighted by Crippen LogP contribution is -2.49.